The Morgan fingerprint density at radius 3 is 2.44 bits per heavy atom. The van der Waals surface area contributed by atoms with Crippen molar-refractivity contribution in [2.45, 2.75) is 6.42 Å². The van der Waals surface area contributed by atoms with Crippen LogP contribution in [0, 0.1) is 33.8 Å². The number of rotatable bonds is 4. The van der Waals surface area contributed by atoms with Gasteiger partial charge in [-0.1, -0.05) is 18.2 Å². The van der Waals surface area contributed by atoms with Crippen molar-refractivity contribution in [2.24, 2.45) is 23.7 Å². The van der Waals surface area contributed by atoms with E-state index in [9.17, 15) is 24.5 Å². The van der Waals surface area contributed by atoms with Crippen LogP contribution in [0.25, 0.3) is 0 Å². The van der Waals surface area contributed by atoms with E-state index in [1.807, 2.05) is 12.2 Å². The Morgan fingerprint density at radius 2 is 1.84 bits per heavy atom. The predicted octanol–water partition coefficient (Wildman–Crippen LogP) is 1.34. The summed E-state index contributed by atoms with van der Waals surface area (Å²) in [7, 11) is 0. The number of allylic oxidation sites excluding steroid dienone is 2. The van der Waals surface area contributed by atoms with E-state index in [1.54, 1.807) is 0 Å². The molecule has 2 aliphatic carbocycles. The molecule has 1 aromatic carbocycles. The van der Waals surface area contributed by atoms with Crippen LogP contribution in [0.1, 0.15) is 6.42 Å². The summed E-state index contributed by atoms with van der Waals surface area (Å²) in [4.78, 5) is 48.5. The molecule has 1 N–H and O–H groups in total. The molecule has 1 heterocycles. The molecule has 3 amide bonds. The summed E-state index contributed by atoms with van der Waals surface area (Å²) in [6, 6.07) is 5.50. The number of hydrogen-bond acceptors (Lipinski definition) is 5. The van der Waals surface area contributed by atoms with Crippen molar-refractivity contribution in [3.63, 3.8) is 0 Å². The second kappa shape index (κ2) is 5.51. The number of nitro groups is 1. The number of carbonyl (C=O) groups excluding carboxylic acids is 3. The van der Waals surface area contributed by atoms with Crippen LogP contribution in [-0.4, -0.2) is 34.1 Å². The van der Waals surface area contributed by atoms with Gasteiger partial charge in [0.2, 0.25) is 17.7 Å². The summed E-state index contributed by atoms with van der Waals surface area (Å²) in [5, 5.41) is 13.3. The Labute approximate surface area is 142 Å². The second-order valence-corrected chi connectivity index (χ2v) is 6.62. The molecule has 2 bridgehead atoms. The highest BCUT2D eigenvalue weighted by atomic mass is 16.6. The first-order valence-electron chi connectivity index (χ1n) is 8.03. The summed E-state index contributed by atoms with van der Waals surface area (Å²) < 4.78 is 0. The van der Waals surface area contributed by atoms with Crippen LogP contribution in [0.15, 0.2) is 36.4 Å². The molecule has 0 spiro atoms. The maximum atomic E-state index is 12.5. The van der Waals surface area contributed by atoms with Gasteiger partial charge in [0, 0.05) is 17.8 Å². The van der Waals surface area contributed by atoms with Crippen molar-refractivity contribution in [2.75, 3.05) is 11.9 Å². The standard InChI is InChI=1S/C17H15N3O5/c21-13(18-11-2-1-3-12(7-11)20(24)25)8-19-16(22)14-9-4-5-10(6-9)15(14)17(19)23/h1-5,7,9-10,14-15H,6,8H2,(H,18,21). The molecule has 1 saturated carbocycles. The normalized spacial score (nSPS) is 29.2. The van der Waals surface area contributed by atoms with Gasteiger partial charge in [0.15, 0.2) is 0 Å². The quantitative estimate of drug-likeness (QED) is 0.385. The lowest BCUT2D eigenvalue weighted by atomic mass is 9.85. The summed E-state index contributed by atoms with van der Waals surface area (Å²) in [6.45, 7) is -0.368. The van der Waals surface area contributed by atoms with Crippen LogP contribution in [0.4, 0.5) is 11.4 Å². The fourth-order valence-corrected chi connectivity index (χ4v) is 4.16. The van der Waals surface area contributed by atoms with Crippen LogP contribution in [-0.2, 0) is 14.4 Å². The number of anilines is 1. The zero-order chi connectivity index (χ0) is 17.7. The second-order valence-electron chi connectivity index (χ2n) is 6.62. The van der Waals surface area contributed by atoms with E-state index in [0.717, 1.165) is 11.3 Å². The molecule has 1 saturated heterocycles. The molecule has 2 fully saturated rings. The minimum atomic E-state index is -0.562. The van der Waals surface area contributed by atoms with Crippen molar-refractivity contribution >= 4 is 29.1 Å². The molecule has 1 aromatic rings. The minimum Gasteiger partial charge on any atom is -0.324 e. The first-order valence-corrected chi connectivity index (χ1v) is 8.03. The Hall–Kier alpha value is -3.03. The SMILES string of the molecule is O=C(CN1C(=O)C2C3C=CC(C3)C2C1=O)Nc1cccc([N+](=O)[O-])c1. The molecule has 4 atom stereocenters. The summed E-state index contributed by atoms with van der Waals surface area (Å²) in [5.74, 6) is -1.63. The topological polar surface area (TPSA) is 110 Å². The highest BCUT2D eigenvalue weighted by Gasteiger charge is 2.59. The van der Waals surface area contributed by atoms with E-state index >= 15 is 0 Å². The van der Waals surface area contributed by atoms with Crippen LogP contribution in [0.2, 0.25) is 0 Å². The molecule has 8 heteroatoms. The van der Waals surface area contributed by atoms with Gasteiger partial charge in [0.25, 0.3) is 5.69 Å². The monoisotopic (exact) mass is 341 g/mol. The molecule has 25 heavy (non-hydrogen) atoms. The maximum absolute atomic E-state index is 12.5. The van der Waals surface area contributed by atoms with E-state index in [2.05, 4.69) is 5.32 Å². The van der Waals surface area contributed by atoms with E-state index in [0.29, 0.717) is 0 Å². The van der Waals surface area contributed by atoms with Crippen molar-refractivity contribution in [3.05, 3.63) is 46.5 Å². The molecule has 4 rings (SSSR count). The third-order valence-corrected chi connectivity index (χ3v) is 5.20. The lowest BCUT2D eigenvalue weighted by Crippen LogP contribution is -2.39. The number of nitrogens with one attached hydrogen (secondary N) is 1. The number of nitro benzene ring substituents is 1. The first-order chi connectivity index (χ1) is 12.0. The molecule has 1 aliphatic heterocycles. The Bertz CT molecular complexity index is 803. The highest BCUT2D eigenvalue weighted by molar-refractivity contribution is 6.09. The van der Waals surface area contributed by atoms with Gasteiger partial charge in [-0.25, -0.2) is 0 Å². The highest BCUT2D eigenvalue weighted by Crippen LogP contribution is 2.52. The molecule has 8 nitrogen and oxygen atoms in total. The van der Waals surface area contributed by atoms with E-state index in [1.165, 1.54) is 24.3 Å². The van der Waals surface area contributed by atoms with Crippen molar-refractivity contribution < 1.29 is 19.3 Å². The number of fused-ring (bicyclic) bond motifs is 5. The lowest BCUT2D eigenvalue weighted by molar-refractivity contribution is -0.384. The largest absolute Gasteiger partial charge is 0.324 e. The van der Waals surface area contributed by atoms with Crippen LogP contribution >= 0.6 is 0 Å². The van der Waals surface area contributed by atoms with Gasteiger partial charge >= 0.3 is 0 Å². The number of imide groups is 1. The molecule has 128 valence electrons. The number of benzene rings is 1. The van der Waals surface area contributed by atoms with Crippen molar-refractivity contribution in [1.82, 2.24) is 4.90 Å². The van der Waals surface area contributed by atoms with Gasteiger partial charge in [-0.3, -0.25) is 29.4 Å². The summed E-state index contributed by atoms with van der Waals surface area (Å²) in [5.41, 5.74) is 0.100. The van der Waals surface area contributed by atoms with Crippen LogP contribution in [0.3, 0.4) is 0 Å². The molecule has 4 unspecified atom stereocenters. The lowest BCUT2D eigenvalue weighted by Gasteiger charge is -2.16. The third-order valence-electron chi connectivity index (χ3n) is 5.20. The molecule has 3 aliphatic rings. The smallest absolute Gasteiger partial charge is 0.271 e. The van der Waals surface area contributed by atoms with Crippen LogP contribution < -0.4 is 5.32 Å². The average Bonchev–Trinajstić information content (AvgIpc) is 3.25. The zero-order valence-electron chi connectivity index (χ0n) is 13.1. The van der Waals surface area contributed by atoms with E-state index in [4.69, 9.17) is 0 Å². The summed E-state index contributed by atoms with van der Waals surface area (Å²) in [6.07, 6.45) is 4.81. The zero-order valence-corrected chi connectivity index (χ0v) is 13.1. The van der Waals surface area contributed by atoms with Gasteiger partial charge in [0.1, 0.15) is 6.54 Å². The number of likely N-dealkylation sites (tertiary alicyclic amines) is 1. The van der Waals surface area contributed by atoms with Gasteiger partial charge < -0.3 is 5.32 Å². The molecule has 0 aromatic heterocycles. The summed E-state index contributed by atoms with van der Waals surface area (Å²) >= 11 is 0. The molecular formula is C17H15N3O5. The van der Waals surface area contributed by atoms with Crippen molar-refractivity contribution in [3.8, 4) is 0 Å². The molecule has 0 radical (unpaired) electrons. The van der Waals surface area contributed by atoms with Gasteiger partial charge in [0.05, 0.1) is 16.8 Å². The third kappa shape index (κ3) is 2.41. The Balaban J connectivity index is 1.45. The Morgan fingerprint density at radius 1 is 1.20 bits per heavy atom. The average molecular weight is 341 g/mol. The fourth-order valence-electron chi connectivity index (χ4n) is 4.16. The minimum absolute atomic E-state index is 0.0938. The number of nitrogens with zero attached hydrogens (tertiary/aromatic N) is 2. The van der Waals surface area contributed by atoms with Gasteiger partial charge in [-0.05, 0) is 24.3 Å². The molecular weight excluding hydrogens is 326 g/mol. The number of hydrogen-bond donors (Lipinski definition) is 1. The number of carbonyl (C=O) groups is 3. The van der Waals surface area contributed by atoms with Crippen LogP contribution in [0.5, 0.6) is 0 Å². The van der Waals surface area contributed by atoms with E-state index in [-0.39, 0.29) is 53.4 Å². The first kappa shape index (κ1) is 15.5. The Kier molecular flexibility index (Phi) is 3.41. The number of amides is 3. The van der Waals surface area contributed by atoms with E-state index < -0.39 is 10.8 Å². The maximum Gasteiger partial charge on any atom is 0.271 e. The van der Waals surface area contributed by atoms with Gasteiger partial charge in [-0.2, -0.15) is 0 Å². The fraction of sp³-hybridized carbons (Fsp3) is 0.353. The predicted molar refractivity (Wildman–Crippen MR) is 86.2 cm³/mol. The number of non-ortho nitro benzene ring substituents is 1. The van der Waals surface area contributed by atoms with Gasteiger partial charge in [-0.15, -0.1) is 0 Å². The van der Waals surface area contributed by atoms with Crippen molar-refractivity contribution in [1.29, 1.82) is 0 Å².